The molecule has 0 aliphatic carbocycles. The molecule has 1 heterocycles. The van der Waals surface area contributed by atoms with Gasteiger partial charge in [0.1, 0.15) is 0 Å². The molecule has 0 radical (unpaired) electrons. The molecular weight excluding hydrogens is 232 g/mol. The van der Waals surface area contributed by atoms with Gasteiger partial charge in [0.05, 0.1) is 0 Å². The lowest BCUT2D eigenvalue weighted by atomic mass is 10.0. The predicted molar refractivity (Wildman–Crippen MR) is 79.8 cm³/mol. The maximum atomic E-state index is 4.11. The highest BCUT2D eigenvalue weighted by atomic mass is 14.8. The van der Waals surface area contributed by atoms with Crippen molar-refractivity contribution in [3.8, 4) is 0 Å². The Hall–Kier alpha value is -1.67. The van der Waals surface area contributed by atoms with Crippen molar-refractivity contribution in [2.45, 2.75) is 33.4 Å². The van der Waals surface area contributed by atoms with Crippen LogP contribution in [0.3, 0.4) is 0 Å². The third-order valence-electron chi connectivity index (χ3n) is 3.05. The zero-order chi connectivity index (χ0) is 13.5. The van der Waals surface area contributed by atoms with E-state index in [2.05, 4.69) is 54.5 Å². The highest BCUT2D eigenvalue weighted by Crippen LogP contribution is 2.09. The molecule has 0 aliphatic heterocycles. The van der Waals surface area contributed by atoms with Crippen molar-refractivity contribution in [1.29, 1.82) is 0 Å². The lowest BCUT2D eigenvalue weighted by Gasteiger charge is -2.07. The molecule has 0 saturated heterocycles. The molecule has 0 saturated carbocycles. The summed E-state index contributed by atoms with van der Waals surface area (Å²) in [5.41, 5.74) is 3.97. The van der Waals surface area contributed by atoms with E-state index in [-0.39, 0.29) is 0 Å². The fraction of sp³-hybridized carbons (Fsp3) is 0.353. The highest BCUT2D eigenvalue weighted by molar-refractivity contribution is 5.23. The van der Waals surface area contributed by atoms with Crippen LogP contribution in [0.15, 0.2) is 48.8 Å². The lowest BCUT2D eigenvalue weighted by molar-refractivity contribution is 0.646. The Morgan fingerprint density at radius 1 is 0.947 bits per heavy atom. The number of pyridine rings is 1. The molecule has 0 amide bonds. The van der Waals surface area contributed by atoms with Crippen LogP contribution in [-0.2, 0) is 19.5 Å². The smallest absolute Gasteiger partial charge is 0.0312 e. The maximum absolute atomic E-state index is 4.11. The average molecular weight is 254 g/mol. The van der Waals surface area contributed by atoms with Crippen LogP contribution >= 0.6 is 0 Å². The zero-order valence-corrected chi connectivity index (χ0v) is 11.8. The van der Waals surface area contributed by atoms with Crippen molar-refractivity contribution in [1.82, 2.24) is 10.3 Å². The molecule has 0 fully saturated rings. The van der Waals surface area contributed by atoms with Gasteiger partial charge in [-0.3, -0.25) is 4.98 Å². The molecule has 1 aromatic carbocycles. The van der Waals surface area contributed by atoms with E-state index < -0.39 is 0 Å². The summed E-state index contributed by atoms with van der Waals surface area (Å²) >= 11 is 0. The van der Waals surface area contributed by atoms with Gasteiger partial charge < -0.3 is 5.32 Å². The van der Waals surface area contributed by atoms with Crippen LogP contribution < -0.4 is 5.32 Å². The molecule has 0 bridgehead atoms. The number of rotatable bonds is 6. The minimum absolute atomic E-state index is 0.717. The molecule has 0 aliphatic rings. The third-order valence-corrected chi connectivity index (χ3v) is 3.05. The van der Waals surface area contributed by atoms with Gasteiger partial charge in [0.15, 0.2) is 0 Å². The summed E-state index contributed by atoms with van der Waals surface area (Å²) < 4.78 is 0. The van der Waals surface area contributed by atoms with Crippen LogP contribution in [0.1, 0.15) is 30.5 Å². The van der Waals surface area contributed by atoms with E-state index in [1.54, 1.807) is 6.20 Å². The standard InChI is InChI=1S/C17H22N2/c1-14(2)10-15-5-7-16(8-6-15)11-19-13-17-4-3-9-18-12-17/h3-9,12,14,19H,10-11,13H2,1-2H3. The summed E-state index contributed by atoms with van der Waals surface area (Å²) in [4.78, 5) is 4.11. The molecule has 1 N–H and O–H groups in total. The number of hydrogen-bond acceptors (Lipinski definition) is 2. The second-order valence-corrected chi connectivity index (χ2v) is 5.38. The monoisotopic (exact) mass is 254 g/mol. The van der Waals surface area contributed by atoms with Gasteiger partial charge in [0, 0.05) is 25.5 Å². The molecule has 0 spiro atoms. The van der Waals surface area contributed by atoms with Gasteiger partial charge in [-0.25, -0.2) is 0 Å². The van der Waals surface area contributed by atoms with E-state index in [1.165, 1.54) is 16.7 Å². The molecular formula is C17H22N2. The Morgan fingerprint density at radius 3 is 2.26 bits per heavy atom. The quantitative estimate of drug-likeness (QED) is 0.852. The third kappa shape index (κ3) is 4.84. The largest absolute Gasteiger partial charge is 0.309 e. The van der Waals surface area contributed by atoms with Crippen molar-refractivity contribution in [2.24, 2.45) is 5.92 Å². The Labute approximate surface area is 115 Å². The van der Waals surface area contributed by atoms with Gasteiger partial charge in [-0.1, -0.05) is 44.2 Å². The van der Waals surface area contributed by atoms with Gasteiger partial charge in [-0.15, -0.1) is 0 Å². The van der Waals surface area contributed by atoms with Crippen molar-refractivity contribution >= 4 is 0 Å². The first kappa shape index (κ1) is 13.8. The SMILES string of the molecule is CC(C)Cc1ccc(CNCc2cccnc2)cc1. The Kier molecular flexibility index (Phi) is 5.10. The van der Waals surface area contributed by atoms with Crippen molar-refractivity contribution < 1.29 is 0 Å². The first-order chi connectivity index (χ1) is 9.24. The fourth-order valence-corrected chi connectivity index (χ4v) is 2.12. The summed E-state index contributed by atoms with van der Waals surface area (Å²) in [6.45, 7) is 6.27. The van der Waals surface area contributed by atoms with Gasteiger partial charge >= 0.3 is 0 Å². The molecule has 19 heavy (non-hydrogen) atoms. The lowest BCUT2D eigenvalue weighted by Crippen LogP contribution is -2.12. The average Bonchev–Trinajstić information content (AvgIpc) is 2.41. The van der Waals surface area contributed by atoms with Gasteiger partial charge in [0.2, 0.25) is 0 Å². The van der Waals surface area contributed by atoms with E-state index in [0.29, 0.717) is 0 Å². The number of nitrogens with one attached hydrogen (secondary N) is 1. The molecule has 2 nitrogen and oxygen atoms in total. The fourth-order valence-electron chi connectivity index (χ4n) is 2.12. The number of hydrogen-bond donors (Lipinski definition) is 1. The molecule has 0 unspecified atom stereocenters. The molecule has 2 rings (SSSR count). The zero-order valence-electron chi connectivity index (χ0n) is 11.8. The van der Waals surface area contributed by atoms with Gasteiger partial charge in [-0.2, -0.15) is 0 Å². The van der Waals surface area contributed by atoms with Crippen LogP contribution in [-0.4, -0.2) is 4.98 Å². The minimum atomic E-state index is 0.717. The first-order valence-electron chi connectivity index (χ1n) is 6.91. The Morgan fingerprint density at radius 2 is 1.63 bits per heavy atom. The topological polar surface area (TPSA) is 24.9 Å². The van der Waals surface area contributed by atoms with Gasteiger partial charge in [-0.05, 0) is 35.1 Å². The number of aromatic nitrogens is 1. The van der Waals surface area contributed by atoms with E-state index in [0.717, 1.165) is 25.4 Å². The molecule has 2 aromatic rings. The van der Waals surface area contributed by atoms with Crippen LogP contribution in [0.4, 0.5) is 0 Å². The number of nitrogens with zero attached hydrogens (tertiary/aromatic N) is 1. The Balaban J connectivity index is 1.80. The highest BCUT2D eigenvalue weighted by Gasteiger charge is 1.98. The van der Waals surface area contributed by atoms with E-state index in [9.17, 15) is 0 Å². The molecule has 1 aromatic heterocycles. The second kappa shape index (κ2) is 7.05. The van der Waals surface area contributed by atoms with Crippen LogP contribution in [0.2, 0.25) is 0 Å². The van der Waals surface area contributed by atoms with Crippen molar-refractivity contribution in [3.05, 3.63) is 65.5 Å². The minimum Gasteiger partial charge on any atom is -0.309 e. The normalized spacial score (nSPS) is 10.9. The van der Waals surface area contributed by atoms with E-state index in [1.807, 2.05) is 12.3 Å². The summed E-state index contributed by atoms with van der Waals surface area (Å²) in [7, 11) is 0. The second-order valence-electron chi connectivity index (χ2n) is 5.38. The van der Waals surface area contributed by atoms with Crippen molar-refractivity contribution in [2.75, 3.05) is 0 Å². The molecule has 100 valence electrons. The summed E-state index contributed by atoms with van der Waals surface area (Å²) in [6, 6.07) is 13.0. The molecule has 0 atom stereocenters. The van der Waals surface area contributed by atoms with Crippen LogP contribution in [0.25, 0.3) is 0 Å². The van der Waals surface area contributed by atoms with E-state index in [4.69, 9.17) is 0 Å². The van der Waals surface area contributed by atoms with Gasteiger partial charge in [0.25, 0.3) is 0 Å². The Bertz CT molecular complexity index is 474. The summed E-state index contributed by atoms with van der Waals surface area (Å²) in [6.07, 6.45) is 4.86. The summed E-state index contributed by atoms with van der Waals surface area (Å²) in [5.74, 6) is 0.717. The van der Waals surface area contributed by atoms with Crippen LogP contribution in [0.5, 0.6) is 0 Å². The van der Waals surface area contributed by atoms with Crippen LogP contribution in [0, 0.1) is 5.92 Å². The summed E-state index contributed by atoms with van der Waals surface area (Å²) in [5, 5.41) is 3.44. The first-order valence-corrected chi connectivity index (χ1v) is 6.91. The van der Waals surface area contributed by atoms with E-state index >= 15 is 0 Å². The van der Waals surface area contributed by atoms with Crippen molar-refractivity contribution in [3.63, 3.8) is 0 Å². The molecule has 2 heteroatoms. The number of benzene rings is 1. The maximum Gasteiger partial charge on any atom is 0.0312 e. The predicted octanol–water partition coefficient (Wildman–Crippen LogP) is 3.57.